The summed E-state index contributed by atoms with van der Waals surface area (Å²) in [4.78, 5) is 15.6. The molecule has 0 bridgehead atoms. The number of benzene rings is 2. The third-order valence-corrected chi connectivity index (χ3v) is 8.80. The fourth-order valence-corrected chi connectivity index (χ4v) is 6.39. The van der Waals surface area contributed by atoms with Crippen molar-refractivity contribution in [3.05, 3.63) is 68.6 Å². The second-order valence-electron chi connectivity index (χ2n) is 8.88. The van der Waals surface area contributed by atoms with Crippen molar-refractivity contribution in [2.45, 2.75) is 13.0 Å². The van der Waals surface area contributed by atoms with E-state index in [0.717, 1.165) is 4.68 Å². The van der Waals surface area contributed by atoms with E-state index in [0.29, 0.717) is 38.5 Å². The van der Waals surface area contributed by atoms with E-state index in [1.54, 1.807) is 36.4 Å². The van der Waals surface area contributed by atoms with Crippen molar-refractivity contribution in [1.82, 2.24) is 14.1 Å². The summed E-state index contributed by atoms with van der Waals surface area (Å²) in [6.45, 7) is 0.126. The van der Waals surface area contributed by atoms with Gasteiger partial charge in [0.2, 0.25) is 15.8 Å². The van der Waals surface area contributed by atoms with Crippen LogP contribution >= 0.6 is 23.2 Å². The van der Waals surface area contributed by atoms with E-state index >= 15 is 0 Å². The Balaban J connectivity index is 1.70. The first-order valence-electron chi connectivity index (χ1n) is 12.4. The van der Waals surface area contributed by atoms with Gasteiger partial charge in [0.1, 0.15) is 23.8 Å². The van der Waals surface area contributed by atoms with E-state index < -0.39 is 22.3 Å². The van der Waals surface area contributed by atoms with Gasteiger partial charge in [0, 0.05) is 36.2 Å². The van der Waals surface area contributed by atoms with Gasteiger partial charge in [-0.3, -0.25) is 9.18 Å². The van der Waals surface area contributed by atoms with Crippen molar-refractivity contribution in [3.63, 3.8) is 0 Å². The van der Waals surface area contributed by atoms with E-state index in [9.17, 15) is 17.6 Å². The maximum Gasteiger partial charge on any atom is 0.316 e. The molecule has 2 aromatic carbocycles. The first-order valence-corrected chi connectivity index (χ1v) is 14.7. The zero-order chi connectivity index (χ0) is 28.9. The normalized spacial score (nSPS) is 14.3. The largest absolute Gasteiger partial charge is 0.496 e. The summed E-state index contributed by atoms with van der Waals surface area (Å²) in [5.41, 5.74) is 0.764. The maximum absolute atomic E-state index is 13.8. The molecule has 14 heteroatoms. The smallest absolute Gasteiger partial charge is 0.316 e. The molecule has 0 spiro atoms. The van der Waals surface area contributed by atoms with Crippen LogP contribution in [0.1, 0.15) is 12.0 Å². The minimum absolute atomic E-state index is 0.00667. The van der Waals surface area contributed by atoms with Crippen molar-refractivity contribution in [3.8, 4) is 22.9 Å². The molecule has 0 amide bonds. The van der Waals surface area contributed by atoms with Crippen LogP contribution in [0.2, 0.25) is 10.0 Å². The molecule has 2 heterocycles. The van der Waals surface area contributed by atoms with Crippen molar-refractivity contribution in [2.75, 3.05) is 57.7 Å². The van der Waals surface area contributed by atoms with Gasteiger partial charge in [-0.15, -0.1) is 0 Å². The van der Waals surface area contributed by atoms with Crippen molar-refractivity contribution >= 4 is 38.9 Å². The van der Waals surface area contributed by atoms with E-state index in [1.165, 1.54) is 24.7 Å². The minimum atomic E-state index is -3.58. The zero-order valence-electron chi connectivity index (χ0n) is 22.0. The summed E-state index contributed by atoms with van der Waals surface area (Å²) < 4.78 is 57.2. The highest BCUT2D eigenvalue weighted by atomic mass is 35.5. The molecular weight excluding hydrogens is 586 g/mol. The van der Waals surface area contributed by atoms with E-state index in [1.807, 2.05) is 4.90 Å². The van der Waals surface area contributed by atoms with Gasteiger partial charge in [-0.1, -0.05) is 29.3 Å². The molecule has 0 N–H and O–H groups in total. The fourth-order valence-electron chi connectivity index (χ4n) is 4.42. The number of anilines is 1. The molecule has 216 valence electrons. The molecule has 40 heavy (non-hydrogen) atoms. The number of rotatable bonds is 11. The lowest BCUT2D eigenvalue weighted by Gasteiger charge is -2.35. The number of aromatic nitrogens is 2. The summed E-state index contributed by atoms with van der Waals surface area (Å²) in [5.74, 6) is 0.777. The number of ether oxygens (including phenoxy) is 3. The summed E-state index contributed by atoms with van der Waals surface area (Å²) in [6.07, 6.45) is 1.43. The van der Waals surface area contributed by atoms with Gasteiger partial charge < -0.3 is 19.1 Å². The molecule has 1 fully saturated rings. The number of halogens is 3. The Kier molecular flexibility index (Phi) is 9.77. The summed E-state index contributed by atoms with van der Waals surface area (Å²) in [5, 5.41) is 4.99. The van der Waals surface area contributed by atoms with Crippen LogP contribution in [0.25, 0.3) is 5.69 Å². The van der Waals surface area contributed by atoms with Gasteiger partial charge in [0.25, 0.3) is 0 Å². The molecule has 1 saturated heterocycles. The van der Waals surface area contributed by atoms with Gasteiger partial charge in [-0.2, -0.15) is 14.1 Å². The molecule has 0 aliphatic carbocycles. The lowest BCUT2D eigenvalue weighted by Crippen LogP contribution is -2.49. The first-order chi connectivity index (χ1) is 19.2. The number of sulfonamides is 1. The quantitative estimate of drug-likeness (QED) is 0.320. The number of hydrogen-bond acceptors (Lipinski definition) is 8. The Morgan fingerprint density at radius 1 is 1.00 bits per heavy atom. The molecule has 0 saturated carbocycles. The second-order valence-corrected chi connectivity index (χ2v) is 11.8. The van der Waals surface area contributed by atoms with Crippen LogP contribution in [0.5, 0.6) is 17.2 Å². The minimum Gasteiger partial charge on any atom is -0.496 e. The van der Waals surface area contributed by atoms with Crippen LogP contribution in [0.15, 0.2) is 47.4 Å². The van der Waals surface area contributed by atoms with Gasteiger partial charge in [-0.25, -0.2) is 8.42 Å². The summed E-state index contributed by atoms with van der Waals surface area (Å²) in [7, 11) is -0.539. The molecular formula is C26H29Cl2FN4O6S. The van der Waals surface area contributed by atoms with Crippen molar-refractivity contribution < 1.29 is 27.0 Å². The molecule has 1 aromatic heterocycles. The summed E-state index contributed by atoms with van der Waals surface area (Å²) >= 11 is 12.3. The molecule has 1 aliphatic rings. The van der Waals surface area contributed by atoms with Crippen LogP contribution in [0.3, 0.4) is 0 Å². The van der Waals surface area contributed by atoms with Gasteiger partial charge in [0.05, 0.1) is 44.1 Å². The van der Waals surface area contributed by atoms with Gasteiger partial charge in [-0.05, 0) is 36.8 Å². The van der Waals surface area contributed by atoms with Crippen LogP contribution in [-0.4, -0.2) is 75.3 Å². The molecule has 1 aliphatic heterocycles. The number of hydrogen-bond donors (Lipinski definition) is 0. The lowest BCUT2D eigenvalue weighted by molar-refractivity contribution is 0.280. The van der Waals surface area contributed by atoms with Crippen LogP contribution in [-0.2, 0) is 16.6 Å². The number of alkyl halides is 1. The van der Waals surface area contributed by atoms with Gasteiger partial charge >= 0.3 is 5.56 Å². The highest BCUT2D eigenvalue weighted by Gasteiger charge is 2.29. The Labute approximate surface area is 241 Å². The zero-order valence-corrected chi connectivity index (χ0v) is 24.3. The maximum atomic E-state index is 13.8. The Bertz CT molecular complexity index is 1470. The van der Waals surface area contributed by atoms with E-state index in [4.69, 9.17) is 37.4 Å². The monoisotopic (exact) mass is 614 g/mol. The van der Waals surface area contributed by atoms with Crippen LogP contribution in [0, 0.1) is 0 Å². The summed E-state index contributed by atoms with van der Waals surface area (Å²) in [6, 6.07) is 9.92. The molecule has 0 radical (unpaired) electrons. The van der Waals surface area contributed by atoms with Crippen LogP contribution in [0.4, 0.5) is 10.1 Å². The van der Waals surface area contributed by atoms with Gasteiger partial charge in [0.15, 0.2) is 0 Å². The molecule has 10 nitrogen and oxygen atoms in total. The Hall–Kier alpha value is -3.06. The number of methoxy groups -OCH3 is 2. The second kappa shape index (κ2) is 13.1. The van der Waals surface area contributed by atoms with E-state index in [-0.39, 0.29) is 50.7 Å². The molecule has 4 rings (SSSR count). The van der Waals surface area contributed by atoms with Crippen molar-refractivity contribution in [1.29, 1.82) is 0 Å². The molecule has 3 aromatic rings. The number of nitrogens with zero attached hydrogens (tertiary/aromatic N) is 4. The predicted octanol–water partition coefficient (Wildman–Crippen LogP) is 3.95. The SMILES string of the molecule is COc1cccc(OC)c1COc1c(N2CCN(S(=O)(=O)CCCF)CC2)cnn(-c2cc(Cl)cc(Cl)c2)c1=O. The average Bonchev–Trinajstić information content (AvgIpc) is 2.94. The fraction of sp³-hybridized carbons (Fsp3) is 0.385. The highest BCUT2D eigenvalue weighted by molar-refractivity contribution is 7.89. The lowest BCUT2D eigenvalue weighted by atomic mass is 10.2. The van der Waals surface area contributed by atoms with Crippen LogP contribution < -0.4 is 24.7 Å². The number of piperazine rings is 1. The third-order valence-electron chi connectivity index (χ3n) is 6.41. The third kappa shape index (κ3) is 6.63. The Morgan fingerprint density at radius 3 is 2.20 bits per heavy atom. The van der Waals surface area contributed by atoms with E-state index in [2.05, 4.69) is 5.10 Å². The molecule has 0 atom stereocenters. The molecule has 0 unspecified atom stereocenters. The topological polar surface area (TPSA) is 103 Å². The average molecular weight is 616 g/mol. The standard InChI is InChI=1S/C26H29Cl2FN4O6S/c1-37-23-5-3-6-24(38-2)21(23)17-39-25-22(31-8-10-32(11-9-31)40(35,36)12-4-7-29)16-30-33(26(25)34)20-14-18(27)13-19(28)15-20/h3,5-6,13-16H,4,7-12,17H2,1-2H3. The van der Waals surface area contributed by atoms with Crippen molar-refractivity contribution in [2.24, 2.45) is 0 Å². The predicted molar refractivity (Wildman–Crippen MR) is 152 cm³/mol. The highest BCUT2D eigenvalue weighted by Crippen LogP contribution is 2.32. The Morgan fingerprint density at radius 2 is 1.62 bits per heavy atom. The first kappa shape index (κ1) is 29.9.